The van der Waals surface area contributed by atoms with Crippen molar-refractivity contribution in [1.82, 2.24) is 20.4 Å². The van der Waals surface area contributed by atoms with Gasteiger partial charge in [-0.05, 0) is 17.7 Å². The second-order valence-electron chi connectivity index (χ2n) is 6.03. The van der Waals surface area contributed by atoms with Gasteiger partial charge in [-0.2, -0.15) is 5.10 Å². The van der Waals surface area contributed by atoms with Gasteiger partial charge < -0.3 is 15.4 Å². The molecule has 26 heavy (non-hydrogen) atoms. The van der Waals surface area contributed by atoms with Crippen molar-refractivity contribution in [1.29, 1.82) is 0 Å². The first-order valence-corrected chi connectivity index (χ1v) is 8.09. The Kier molecular flexibility index (Phi) is 6.93. The summed E-state index contributed by atoms with van der Waals surface area (Å²) in [5.74, 6) is -1.65. The Morgan fingerprint density at radius 1 is 1.42 bits per heavy atom. The third kappa shape index (κ3) is 4.70. The van der Waals surface area contributed by atoms with E-state index in [-0.39, 0.29) is 49.1 Å². The number of nitrogens with zero attached hydrogens (tertiary/aromatic N) is 2. The summed E-state index contributed by atoms with van der Waals surface area (Å²) in [5.41, 5.74) is 1.03. The molecule has 1 aromatic carbocycles. The Labute approximate surface area is 156 Å². The van der Waals surface area contributed by atoms with Gasteiger partial charge in [-0.1, -0.05) is 0 Å². The van der Waals surface area contributed by atoms with Crippen LogP contribution in [0.4, 0.5) is 8.78 Å². The van der Waals surface area contributed by atoms with Gasteiger partial charge in [0, 0.05) is 38.3 Å². The lowest BCUT2D eigenvalue weighted by Gasteiger charge is -2.17. The van der Waals surface area contributed by atoms with Gasteiger partial charge in [0.15, 0.2) is 11.6 Å². The molecule has 0 bridgehead atoms. The number of nitrogens with one attached hydrogen (secondary N) is 2. The molecule has 0 aliphatic carbocycles. The monoisotopic (exact) mass is 386 g/mol. The molecule has 0 unspecified atom stereocenters. The molecule has 0 radical (unpaired) electrons. The maximum Gasteiger partial charge on any atom is 0.225 e. The van der Waals surface area contributed by atoms with Crippen molar-refractivity contribution in [3.63, 3.8) is 0 Å². The average Bonchev–Trinajstić information content (AvgIpc) is 3.21. The fraction of sp³-hybridized carbons (Fsp3) is 0.412. The minimum absolute atomic E-state index is 0. The molecule has 2 heterocycles. The van der Waals surface area contributed by atoms with E-state index in [4.69, 9.17) is 4.74 Å². The van der Waals surface area contributed by atoms with Gasteiger partial charge in [0.05, 0.1) is 18.7 Å². The van der Waals surface area contributed by atoms with Crippen molar-refractivity contribution in [3.8, 4) is 5.75 Å². The summed E-state index contributed by atoms with van der Waals surface area (Å²) >= 11 is 0. The summed E-state index contributed by atoms with van der Waals surface area (Å²) in [4.78, 5) is 12.4. The maximum absolute atomic E-state index is 13.5. The van der Waals surface area contributed by atoms with Crippen LogP contribution in [0.5, 0.6) is 5.75 Å². The molecule has 2 N–H and O–H groups in total. The molecule has 2 atom stereocenters. The third-order valence-corrected chi connectivity index (χ3v) is 4.26. The number of hydrogen-bond acceptors (Lipinski definition) is 4. The number of amides is 1. The number of benzene rings is 1. The van der Waals surface area contributed by atoms with E-state index in [1.807, 2.05) is 13.2 Å². The van der Waals surface area contributed by atoms with Gasteiger partial charge in [-0.3, -0.25) is 9.48 Å². The largest absolute Gasteiger partial charge is 0.489 e. The van der Waals surface area contributed by atoms with Gasteiger partial charge in [0.1, 0.15) is 12.4 Å². The van der Waals surface area contributed by atoms with Crippen molar-refractivity contribution in [2.24, 2.45) is 13.0 Å². The zero-order valence-electron chi connectivity index (χ0n) is 14.2. The van der Waals surface area contributed by atoms with E-state index in [9.17, 15) is 13.6 Å². The van der Waals surface area contributed by atoms with Crippen LogP contribution in [0.25, 0.3) is 0 Å². The fourth-order valence-corrected chi connectivity index (χ4v) is 2.99. The summed E-state index contributed by atoms with van der Waals surface area (Å²) in [5, 5.41) is 10.2. The predicted molar refractivity (Wildman–Crippen MR) is 94.4 cm³/mol. The van der Waals surface area contributed by atoms with Crippen LogP contribution in [-0.4, -0.2) is 41.9 Å². The molecule has 0 saturated carbocycles. The molecule has 6 nitrogen and oxygen atoms in total. The summed E-state index contributed by atoms with van der Waals surface area (Å²) in [7, 11) is 1.84. The lowest BCUT2D eigenvalue weighted by molar-refractivity contribution is -0.124. The lowest BCUT2D eigenvalue weighted by Crippen LogP contribution is -2.36. The normalized spacial score (nSPS) is 19.0. The van der Waals surface area contributed by atoms with Crippen molar-refractivity contribution in [2.75, 3.05) is 26.2 Å². The molecule has 3 rings (SSSR count). The van der Waals surface area contributed by atoms with E-state index < -0.39 is 11.6 Å². The standard InChI is InChI=1S/C17H20F2N4O2.ClH/c1-23-10-11(7-22-23)13-8-20-9-14(13)17(24)21-4-5-25-16-3-2-12(18)6-15(16)19;/h2-3,6-7,10,13-14,20H,4-5,8-9H2,1H3,(H,21,24);1H/t13-,14+;/m1./s1. The van der Waals surface area contributed by atoms with Crippen molar-refractivity contribution in [3.05, 3.63) is 47.8 Å². The van der Waals surface area contributed by atoms with Gasteiger partial charge >= 0.3 is 0 Å². The summed E-state index contributed by atoms with van der Waals surface area (Å²) in [6.45, 7) is 1.66. The van der Waals surface area contributed by atoms with Crippen LogP contribution in [0.15, 0.2) is 30.6 Å². The molecule has 2 aromatic rings. The Balaban J connectivity index is 0.00000243. The first-order valence-electron chi connectivity index (χ1n) is 8.09. The van der Waals surface area contributed by atoms with Crippen LogP contribution in [0.2, 0.25) is 0 Å². The zero-order chi connectivity index (χ0) is 17.8. The number of carbonyl (C=O) groups is 1. The number of halogens is 3. The topological polar surface area (TPSA) is 68.2 Å². The molecule has 142 valence electrons. The van der Waals surface area contributed by atoms with Gasteiger partial charge in [0.2, 0.25) is 5.91 Å². The first-order chi connectivity index (χ1) is 12.0. The number of aromatic nitrogens is 2. The van der Waals surface area contributed by atoms with Gasteiger partial charge in [-0.25, -0.2) is 8.78 Å². The number of hydrogen-bond donors (Lipinski definition) is 2. The maximum atomic E-state index is 13.5. The lowest BCUT2D eigenvalue weighted by atomic mass is 9.90. The highest BCUT2D eigenvalue weighted by atomic mass is 35.5. The Bertz CT molecular complexity index is 756. The molecule has 1 amide bonds. The van der Waals surface area contributed by atoms with Crippen LogP contribution >= 0.6 is 12.4 Å². The summed E-state index contributed by atoms with van der Waals surface area (Å²) in [6, 6.07) is 3.11. The SMILES string of the molecule is Cl.Cn1cc([C@H]2CNC[C@@H]2C(=O)NCCOc2ccc(F)cc2F)cn1. The van der Waals surface area contributed by atoms with Crippen LogP contribution in [-0.2, 0) is 11.8 Å². The molecular formula is C17H21ClF2N4O2. The van der Waals surface area contributed by atoms with Crippen LogP contribution in [0.3, 0.4) is 0 Å². The number of rotatable bonds is 6. The summed E-state index contributed by atoms with van der Waals surface area (Å²) < 4.78 is 33.2. The van der Waals surface area contributed by atoms with Crippen molar-refractivity contribution < 1.29 is 18.3 Å². The Morgan fingerprint density at radius 2 is 2.23 bits per heavy atom. The van der Waals surface area contributed by atoms with E-state index in [1.54, 1.807) is 10.9 Å². The molecule has 1 aliphatic rings. The third-order valence-electron chi connectivity index (χ3n) is 4.26. The quantitative estimate of drug-likeness (QED) is 0.740. The predicted octanol–water partition coefficient (Wildman–Crippen LogP) is 1.62. The van der Waals surface area contributed by atoms with E-state index >= 15 is 0 Å². The molecule has 1 fully saturated rings. The van der Waals surface area contributed by atoms with E-state index in [2.05, 4.69) is 15.7 Å². The van der Waals surface area contributed by atoms with Gasteiger partial charge in [-0.15, -0.1) is 12.4 Å². The summed E-state index contributed by atoms with van der Waals surface area (Å²) in [6.07, 6.45) is 3.69. The van der Waals surface area contributed by atoms with Gasteiger partial charge in [0.25, 0.3) is 0 Å². The Morgan fingerprint density at radius 3 is 2.92 bits per heavy atom. The average molecular weight is 387 g/mol. The highest BCUT2D eigenvalue weighted by Crippen LogP contribution is 2.27. The fourth-order valence-electron chi connectivity index (χ4n) is 2.99. The van der Waals surface area contributed by atoms with E-state index in [0.717, 1.165) is 24.2 Å². The Hall–Kier alpha value is -2.19. The van der Waals surface area contributed by atoms with Crippen molar-refractivity contribution >= 4 is 18.3 Å². The van der Waals surface area contributed by atoms with E-state index in [0.29, 0.717) is 6.54 Å². The molecule has 9 heteroatoms. The number of aryl methyl sites for hydroxylation is 1. The van der Waals surface area contributed by atoms with Crippen LogP contribution in [0.1, 0.15) is 11.5 Å². The van der Waals surface area contributed by atoms with E-state index in [1.165, 1.54) is 6.07 Å². The highest BCUT2D eigenvalue weighted by molar-refractivity contribution is 5.85. The van der Waals surface area contributed by atoms with Crippen molar-refractivity contribution in [2.45, 2.75) is 5.92 Å². The zero-order valence-corrected chi connectivity index (χ0v) is 15.1. The number of ether oxygens (including phenoxy) is 1. The molecule has 0 spiro atoms. The highest BCUT2D eigenvalue weighted by Gasteiger charge is 2.34. The minimum atomic E-state index is -0.761. The van der Waals surface area contributed by atoms with Crippen LogP contribution in [0, 0.1) is 17.6 Å². The molecule has 1 saturated heterocycles. The number of carbonyl (C=O) groups excluding carboxylic acids is 1. The molecule has 1 aromatic heterocycles. The molecule has 1 aliphatic heterocycles. The smallest absolute Gasteiger partial charge is 0.225 e. The molecular weight excluding hydrogens is 366 g/mol. The first kappa shape index (κ1) is 20.1. The minimum Gasteiger partial charge on any atom is -0.489 e. The second kappa shape index (κ2) is 8.95. The second-order valence-corrected chi connectivity index (χ2v) is 6.03. The van der Waals surface area contributed by atoms with Crippen LogP contribution < -0.4 is 15.4 Å².